The highest BCUT2D eigenvalue weighted by Crippen LogP contribution is 2.31. The molecular weight excluding hydrogens is 176 g/mol. The lowest BCUT2D eigenvalue weighted by molar-refractivity contribution is 0.103. The Labute approximate surface area is 80.5 Å². The van der Waals surface area contributed by atoms with Crippen LogP contribution in [0, 0.1) is 0 Å². The summed E-state index contributed by atoms with van der Waals surface area (Å²) in [5.41, 5.74) is 2.93. The van der Waals surface area contributed by atoms with Crippen molar-refractivity contribution in [3.05, 3.63) is 52.9 Å². The minimum absolute atomic E-state index is 0.0168. The molecule has 66 valence electrons. The Morgan fingerprint density at radius 1 is 1.14 bits per heavy atom. The molecule has 3 heteroatoms. The third kappa shape index (κ3) is 0.836. The molecule has 1 aliphatic carbocycles. The van der Waals surface area contributed by atoms with E-state index in [1.54, 1.807) is 0 Å². The second-order valence-corrected chi connectivity index (χ2v) is 3.20. The minimum Gasteiger partial charge on any atom is -0.288 e. The van der Waals surface area contributed by atoms with Gasteiger partial charge in [0.15, 0.2) is 5.78 Å². The standard InChI is InChI=1S/C11H6N2O/c14-11-8-4-2-1-3-7(8)5-10-9(11)6-12-13-10/h1-6H. The zero-order valence-corrected chi connectivity index (χ0v) is 7.27. The second kappa shape index (κ2) is 2.48. The first-order chi connectivity index (χ1) is 6.86. The van der Waals surface area contributed by atoms with Crippen molar-refractivity contribution in [2.45, 2.75) is 0 Å². The molecule has 0 radical (unpaired) electrons. The zero-order valence-electron chi connectivity index (χ0n) is 7.27. The molecule has 0 amide bonds. The third-order valence-electron chi connectivity index (χ3n) is 2.37. The van der Waals surface area contributed by atoms with Crippen molar-refractivity contribution in [1.82, 2.24) is 0 Å². The first-order valence-electron chi connectivity index (χ1n) is 4.33. The van der Waals surface area contributed by atoms with E-state index < -0.39 is 0 Å². The number of hydrogen-bond acceptors (Lipinski definition) is 3. The highest BCUT2D eigenvalue weighted by atomic mass is 16.1. The number of Topliss-reactive ketones (excluding diaryl/α,β-unsaturated/α-hetero) is 1. The van der Waals surface area contributed by atoms with Crippen molar-refractivity contribution in [2.75, 3.05) is 0 Å². The van der Waals surface area contributed by atoms with Crippen LogP contribution in [0.1, 0.15) is 15.9 Å². The molecule has 3 nitrogen and oxygen atoms in total. The molecule has 0 fully saturated rings. The molecule has 0 atom stereocenters. The maximum atomic E-state index is 11.9. The van der Waals surface area contributed by atoms with Gasteiger partial charge in [0.2, 0.25) is 0 Å². The van der Waals surface area contributed by atoms with Gasteiger partial charge in [0.25, 0.3) is 0 Å². The van der Waals surface area contributed by atoms with Gasteiger partial charge >= 0.3 is 0 Å². The number of allylic oxidation sites excluding steroid dienone is 1. The van der Waals surface area contributed by atoms with Crippen molar-refractivity contribution in [3.63, 3.8) is 0 Å². The van der Waals surface area contributed by atoms with E-state index in [1.165, 1.54) is 6.20 Å². The van der Waals surface area contributed by atoms with Crippen LogP contribution < -0.4 is 0 Å². The zero-order chi connectivity index (χ0) is 9.54. The van der Waals surface area contributed by atoms with Gasteiger partial charge in [0.05, 0.1) is 17.5 Å². The molecule has 0 unspecified atom stereocenters. The van der Waals surface area contributed by atoms with Crippen LogP contribution in [0.25, 0.3) is 6.08 Å². The van der Waals surface area contributed by atoms with Crippen LogP contribution >= 0.6 is 0 Å². The molecule has 1 aliphatic heterocycles. The van der Waals surface area contributed by atoms with Gasteiger partial charge in [-0.3, -0.25) is 4.79 Å². The smallest absolute Gasteiger partial charge is 0.197 e. The summed E-state index contributed by atoms with van der Waals surface area (Å²) in [4.78, 5) is 11.9. The van der Waals surface area contributed by atoms with E-state index in [0.29, 0.717) is 11.3 Å². The number of carbonyl (C=O) groups excluding carboxylic acids is 1. The molecule has 0 bridgehead atoms. The summed E-state index contributed by atoms with van der Waals surface area (Å²) in [7, 11) is 0. The second-order valence-electron chi connectivity index (χ2n) is 3.20. The van der Waals surface area contributed by atoms with Gasteiger partial charge in [-0.15, -0.1) is 0 Å². The number of ketones is 1. The molecule has 0 spiro atoms. The van der Waals surface area contributed by atoms with Crippen molar-refractivity contribution in [2.24, 2.45) is 10.2 Å². The molecule has 3 rings (SSSR count). The minimum atomic E-state index is 0.0168. The van der Waals surface area contributed by atoms with Gasteiger partial charge in [0.1, 0.15) is 0 Å². The van der Waals surface area contributed by atoms with Crippen LogP contribution in [0.3, 0.4) is 0 Å². The lowest BCUT2D eigenvalue weighted by Crippen LogP contribution is -2.09. The van der Waals surface area contributed by atoms with Crippen molar-refractivity contribution in [3.8, 4) is 0 Å². The van der Waals surface area contributed by atoms with E-state index in [0.717, 1.165) is 11.1 Å². The van der Waals surface area contributed by atoms with Crippen molar-refractivity contribution >= 4 is 11.9 Å². The monoisotopic (exact) mass is 182 g/mol. The van der Waals surface area contributed by atoms with Gasteiger partial charge in [0, 0.05) is 5.56 Å². The number of rotatable bonds is 0. The number of carbonyl (C=O) groups is 1. The van der Waals surface area contributed by atoms with Crippen LogP contribution in [0.5, 0.6) is 0 Å². The Morgan fingerprint density at radius 3 is 2.93 bits per heavy atom. The average molecular weight is 182 g/mol. The lowest BCUT2D eigenvalue weighted by Gasteiger charge is -2.11. The number of fused-ring (bicyclic) bond motifs is 2. The van der Waals surface area contributed by atoms with E-state index in [9.17, 15) is 4.79 Å². The highest BCUT2D eigenvalue weighted by molar-refractivity contribution is 6.16. The summed E-state index contributed by atoms with van der Waals surface area (Å²) in [6.07, 6.45) is 3.41. The maximum Gasteiger partial charge on any atom is 0.197 e. The SMILES string of the molecule is O=C1C2=CN=NC2=Cc2ccccc21. The van der Waals surface area contributed by atoms with E-state index in [-0.39, 0.29) is 5.78 Å². The van der Waals surface area contributed by atoms with E-state index >= 15 is 0 Å². The van der Waals surface area contributed by atoms with Gasteiger partial charge < -0.3 is 0 Å². The van der Waals surface area contributed by atoms with Gasteiger partial charge in [-0.25, -0.2) is 0 Å². The molecule has 14 heavy (non-hydrogen) atoms. The fourth-order valence-corrected chi connectivity index (χ4v) is 1.67. The number of azo groups is 1. The van der Waals surface area contributed by atoms with Crippen LogP contribution in [0.2, 0.25) is 0 Å². The summed E-state index contributed by atoms with van der Waals surface area (Å²) in [5.74, 6) is 0.0168. The molecule has 0 N–H and O–H groups in total. The quantitative estimate of drug-likeness (QED) is 0.608. The Bertz CT molecular complexity index is 524. The van der Waals surface area contributed by atoms with Crippen LogP contribution in [-0.2, 0) is 0 Å². The summed E-state index contributed by atoms with van der Waals surface area (Å²) in [5, 5.41) is 7.61. The Morgan fingerprint density at radius 2 is 2.00 bits per heavy atom. The topological polar surface area (TPSA) is 41.8 Å². The molecule has 1 aromatic rings. The van der Waals surface area contributed by atoms with Gasteiger partial charge in [-0.1, -0.05) is 24.3 Å². The molecule has 0 saturated heterocycles. The predicted molar refractivity (Wildman–Crippen MR) is 51.7 cm³/mol. The number of hydrogen-bond donors (Lipinski definition) is 0. The molecule has 0 aromatic heterocycles. The van der Waals surface area contributed by atoms with E-state index in [4.69, 9.17) is 0 Å². The molecule has 1 aromatic carbocycles. The molecule has 2 aliphatic rings. The van der Waals surface area contributed by atoms with Crippen LogP contribution in [0.15, 0.2) is 52.0 Å². The predicted octanol–water partition coefficient (Wildman–Crippen LogP) is 2.57. The molecule has 1 heterocycles. The van der Waals surface area contributed by atoms with E-state index in [1.807, 2.05) is 30.3 Å². The maximum absolute atomic E-state index is 11.9. The lowest BCUT2D eigenvalue weighted by atomic mass is 9.91. The fourth-order valence-electron chi connectivity index (χ4n) is 1.67. The Hall–Kier alpha value is -2.03. The summed E-state index contributed by atoms with van der Waals surface area (Å²) in [6, 6.07) is 7.50. The Kier molecular flexibility index (Phi) is 1.31. The largest absolute Gasteiger partial charge is 0.288 e. The Balaban J connectivity index is 2.31. The average Bonchev–Trinajstić information content (AvgIpc) is 2.66. The third-order valence-corrected chi connectivity index (χ3v) is 2.37. The fraction of sp³-hybridized carbons (Fsp3) is 0. The molecular formula is C11H6N2O. The molecule has 0 saturated carbocycles. The van der Waals surface area contributed by atoms with Crippen LogP contribution in [-0.4, -0.2) is 5.78 Å². The van der Waals surface area contributed by atoms with Gasteiger partial charge in [-0.05, 0) is 11.6 Å². The number of benzene rings is 1. The first-order valence-corrected chi connectivity index (χ1v) is 4.33. The van der Waals surface area contributed by atoms with E-state index in [2.05, 4.69) is 10.2 Å². The van der Waals surface area contributed by atoms with Crippen LogP contribution in [0.4, 0.5) is 0 Å². The summed E-state index contributed by atoms with van der Waals surface area (Å²) < 4.78 is 0. The van der Waals surface area contributed by atoms with Crippen molar-refractivity contribution in [1.29, 1.82) is 0 Å². The normalized spacial score (nSPS) is 17.3. The van der Waals surface area contributed by atoms with Gasteiger partial charge in [-0.2, -0.15) is 10.2 Å². The van der Waals surface area contributed by atoms with Crippen molar-refractivity contribution < 1.29 is 4.79 Å². The summed E-state index contributed by atoms with van der Waals surface area (Å²) in [6.45, 7) is 0. The highest BCUT2D eigenvalue weighted by Gasteiger charge is 2.25. The number of nitrogens with zero attached hydrogens (tertiary/aromatic N) is 2. The summed E-state index contributed by atoms with van der Waals surface area (Å²) >= 11 is 0. The first kappa shape index (κ1) is 7.38.